The lowest BCUT2D eigenvalue weighted by Gasteiger charge is -2.21. The molecule has 24 heavy (non-hydrogen) atoms. The molecule has 2 heterocycles. The minimum absolute atomic E-state index is 0.0365. The van der Waals surface area contributed by atoms with Crippen molar-refractivity contribution in [2.45, 2.75) is 33.3 Å². The smallest absolute Gasteiger partial charge is 0.309 e. The van der Waals surface area contributed by atoms with Gasteiger partial charge in [0, 0.05) is 5.56 Å². The molecule has 2 N–H and O–H groups in total. The van der Waals surface area contributed by atoms with Crippen molar-refractivity contribution < 1.29 is 19.2 Å². The van der Waals surface area contributed by atoms with E-state index in [0.29, 0.717) is 5.76 Å². The number of hydrogen-bond acceptors (Lipinski definition) is 6. The number of benzene rings is 1. The molecular formula is C18H22N2O4. The fourth-order valence-electron chi connectivity index (χ4n) is 3.13. The van der Waals surface area contributed by atoms with Gasteiger partial charge in [-0.3, -0.25) is 4.79 Å². The number of aromatic nitrogens is 1. The molecule has 1 fully saturated rings. The summed E-state index contributed by atoms with van der Waals surface area (Å²) in [6.45, 7) is 5.53. The highest BCUT2D eigenvalue weighted by molar-refractivity contribution is 5.73. The predicted octanol–water partition coefficient (Wildman–Crippen LogP) is 2.71. The Labute approximate surface area is 140 Å². The van der Waals surface area contributed by atoms with Gasteiger partial charge in [0.05, 0.1) is 11.6 Å². The third-order valence-corrected chi connectivity index (χ3v) is 4.35. The number of aromatic hydroxyl groups is 1. The Morgan fingerprint density at radius 2 is 2.08 bits per heavy atom. The van der Waals surface area contributed by atoms with Crippen LogP contribution in [0, 0.1) is 19.8 Å². The van der Waals surface area contributed by atoms with E-state index in [4.69, 9.17) is 9.26 Å². The Hall–Kier alpha value is -2.34. The fourth-order valence-corrected chi connectivity index (χ4v) is 3.13. The van der Waals surface area contributed by atoms with Crippen LogP contribution in [0.1, 0.15) is 29.9 Å². The van der Waals surface area contributed by atoms with Gasteiger partial charge in [-0.25, -0.2) is 0 Å². The topological polar surface area (TPSA) is 84.6 Å². The Bertz CT molecular complexity index is 713. The van der Waals surface area contributed by atoms with Gasteiger partial charge in [0.1, 0.15) is 18.1 Å². The molecule has 128 valence electrons. The van der Waals surface area contributed by atoms with E-state index in [9.17, 15) is 9.90 Å². The summed E-state index contributed by atoms with van der Waals surface area (Å²) in [7, 11) is 0. The molecule has 2 aromatic rings. The Balaban J connectivity index is 1.73. The summed E-state index contributed by atoms with van der Waals surface area (Å²) in [4.78, 5) is 12.1. The largest absolute Gasteiger partial charge is 0.508 e. The second kappa shape index (κ2) is 7.05. The number of hydrogen-bond donors (Lipinski definition) is 2. The van der Waals surface area contributed by atoms with Gasteiger partial charge < -0.3 is 19.7 Å². The number of ether oxygens (including phenoxy) is 1. The molecule has 1 saturated heterocycles. The summed E-state index contributed by atoms with van der Waals surface area (Å²) in [6.07, 6.45) is 1.62. The third kappa shape index (κ3) is 3.59. The summed E-state index contributed by atoms with van der Waals surface area (Å²) in [5.41, 5.74) is 3.17. The molecule has 3 rings (SSSR count). The lowest BCUT2D eigenvalue weighted by molar-refractivity contribution is -0.150. The van der Waals surface area contributed by atoms with Crippen molar-refractivity contribution in [3.05, 3.63) is 35.2 Å². The van der Waals surface area contributed by atoms with E-state index in [0.717, 1.165) is 48.3 Å². The minimum atomic E-state index is -0.168. The molecule has 1 aromatic carbocycles. The number of nitrogens with zero attached hydrogens (tertiary/aromatic N) is 1. The van der Waals surface area contributed by atoms with E-state index < -0.39 is 0 Å². The van der Waals surface area contributed by atoms with E-state index >= 15 is 0 Å². The second-order valence-corrected chi connectivity index (χ2v) is 6.22. The number of phenols is 1. The Morgan fingerprint density at radius 1 is 1.33 bits per heavy atom. The predicted molar refractivity (Wildman–Crippen MR) is 88.5 cm³/mol. The lowest BCUT2D eigenvalue weighted by atomic mass is 9.98. The van der Waals surface area contributed by atoms with Crippen molar-refractivity contribution in [3.63, 3.8) is 0 Å². The summed E-state index contributed by atoms with van der Waals surface area (Å²) >= 11 is 0. The first kappa shape index (κ1) is 16.5. The molecular weight excluding hydrogens is 308 g/mol. The van der Waals surface area contributed by atoms with Gasteiger partial charge in [-0.1, -0.05) is 5.16 Å². The van der Waals surface area contributed by atoms with Gasteiger partial charge in [-0.15, -0.1) is 0 Å². The van der Waals surface area contributed by atoms with Crippen LogP contribution in [0.3, 0.4) is 0 Å². The molecule has 0 radical (unpaired) electrons. The SMILES string of the molecule is Cc1noc(C)c1-c1cc(O)cc(COC(=O)C2CCNCC2)c1. The van der Waals surface area contributed by atoms with Crippen LogP contribution in [-0.2, 0) is 16.1 Å². The van der Waals surface area contributed by atoms with Crippen LogP contribution in [0.5, 0.6) is 5.75 Å². The number of carbonyl (C=O) groups excluding carboxylic acids is 1. The van der Waals surface area contributed by atoms with Crippen LogP contribution in [0.4, 0.5) is 0 Å². The molecule has 1 aliphatic rings. The van der Waals surface area contributed by atoms with E-state index in [-0.39, 0.29) is 24.2 Å². The second-order valence-electron chi connectivity index (χ2n) is 6.22. The zero-order chi connectivity index (χ0) is 17.1. The van der Waals surface area contributed by atoms with Gasteiger partial charge >= 0.3 is 5.97 Å². The summed E-state index contributed by atoms with van der Waals surface area (Å²) < 4.78 is 10.6. The van der Waals surface area contributed by atoms with Crippen LogP contribution in [0.15, 0.2) is 22.7 Å². The Morgan fingerprint density at radius 3 is 2.75 bits per heavy atom. The molecule has 0 amide bonds. The molecule has 0 saturated carbocycles. The van der Waals surface area contributed by atoms with E-state index in [1.165, 1.54) is 0 Å². The van der Waals surface area contributed by atoms with Crippen LogP contribution >= 0.6 is 0 Å². The van der Waals surface area contributed by atoms with Crippen molar-refractivity contribution in [1.82, 2.24) is 10.5 Å². The number of carbonyl (C=O) groups is 1. The highest BCUT2D eigenvalue weighted by Crippen LogP contribution is 2.31. The van der Waals surface area contributed by atoms with Crippen molar-refractivity contribution in [1.29, 1.82) is 0 Å². The number of nitrogens with one attached hydrogen (secondary N) is 1. The first-order chi connectivity index (χ1) is 11.5. The average Bonchev–Trinajstić information content (AvgIpc) is 2.91. The normalized spacial score (nSPS) is 15.4. The number of esters is 1. The van der Waals surface area contributed by atoms with E-state index in [1.807, 2.05) is 19.9 Å². The van der Waals surface area contributed by atoms with Crippen LogP contribution in [0.2, 0.25) is 0 Å². The molecule has 6 nitrogen and oxygen atoms in total. The van der Waals surface area contributed by atoms with Crippen molar-refractivity contribution in [3.8, 4) is 16.9 Å². The van der Waals surface area contributed by atoms with Gasteiger partial charge in [0.15, 0.2) is 0 Å². The van der Waals surface area contributed by atoms with Crippen LogP contribution < -0.4 is 5.32 Å². The Kier molecular flexibility index (Phi) is 4.85. The van der Waals surface area contributed by atoms with Gasteiger partial charge in [-0.2, -0.15) is 0 Å². The van der Waals surface area contributed by atoms with Crippen LogP contribution in [0.25, 0.3) is 11.1 Å². The van der Waals surface area contributed by atoms with Crippen molar-refractivity contribution in [2.24, 2.45) is 5.92 Å². The van der Waals surface area contributed by atoms with Crippen molar-refractivity contribution in [2.75, 3.05) is 13.1 Å². The standard InChI is InChI=1S/C18H22N2O4/c1-11-17(12(2)24-20-11)15-7-13(8-16(21)9-15)10-23-18(22)14-3-5-19-6-4-14/h7-9,14,19,21H,3-6,10H2,1-2H3. The van der Waals surface area contributed by atoms with Gasteiger partial charge in [0.25, 0.3) is 0 Å². The zero-order valence-electron chi connectivity index (χ0n) is 14.0. The average molecular weight is 330 g/mol. The molecule has 0 atom stereocenters. The number of rotatable bonds is 4. The minimum Gasteiger partial charge on any atom is -0.508 e. The van der Waals surface area contributed by atoms with E-state index in [2.05, 4.69) is 10.5 Å². The summed E-state index contributed by atoms with van der Waals surface area (Å²) in [6, 6.07) is 5.16. The number of aryl methyl sites for hydroxylation is 2. The maximum absolute atomic E-state index is 12.1. The molecule has 0 aliphatic carbocycles. The van der Waals surface area contributed by atoms with Crippen LogP contribution in [-0.4, -0.2) is 29.3 Å². The molecule has 6 heteroatoms. The maximum atomic E-state index is 12.1. The summed E-state index contributed by atoms with van der Waals surface area (Å²) in [5.74, 6) is 0.612. The number of phenolic OH excluding ortho intramolecular Hbond substituents is 1. The first-order valence-corrected chi connectivity index (χ1v) is 8.18. The zero-order valence-corrected chi connectivity index (χ0v) is 14.0. The first-order valence-electron chi connectivity index (χ1n) is 8.18. The quantitative estimate of drug-likeness (QED) is 0.839. The molecule has 0 bridgehead atoms. The van der Waals surface area contributed by atoms with Gasteiger partial charge in [0.2, 0.25) is 0 Å². The maximum Gasteiger partial charge on any atom is 0.309 e. The monoisotopic (exact) mass is 330 g/mol. The number of piperidine rings is 1. The molecule has 1 aliphatic heterocycles. The highest BCUT2D eigenvalue weighted by atomic mass is 16.5. The lowest BCUT2D eigenvalue weighted by Crippen LogP contribution is -2.32. The molecule has 0 spiro atoms. The third-order valence-electron chi connectivity index (χ3n) is 4.35. The summed E-state index contributed by atoms with van der Waals surface area (Å²) in [5, 5.41) is 17.2. The fraction of sp³-hybridized carbons (Fsp3) is 0.444. The highest BCUT2D eigenvalue weighted by Gasteiger charge is 2.22. The van der Waals surface area contributed by atoms with Crippen molar-refractivity contribution >= 4 is 5.97 Å². The van der Waals surface area contributed by atoms with E-state index in [1.54, 1.807) is 12.1 Å². The molecule has 0 unspecified atom stereocenters. The van der Waals surface area contributed by atoms with Gasteiger partial charge in [-0.05, 0) is 69.1 Å². The molecule has 1 aromatic heterocycles.